The Labute approximate surface area is 104 Å². The number of methoxy groups -OCH3 is 1. The van der Waals surface area contributed by atoms with Crippen molar-refractivity contribution in [2.75, 3.05) is 25.6 Å². The van der Waals surface area contributed by atoms with Crippen LogP contribution in [0.2, 0.25) is 0 Å². The molecule has 92 valence electrons. The number of benzene rings is 1. The summed E-state index contributed by atoms with van der Waals surface area (Å²) in [5.41, 5.74) is 1.84. The summed E-state index contributed by atoms with van der Waals surface area (Å²) < 4.78 is 5.35. The van der Waals surface area contributed by atoms with Crippen LogP contribution in [0.1, 0.15) is 19.4 Å². The van der Waals surface area contributed by atoms with E-state index in [9.17, 15) is 0 Å². The molecule has 0 saturated heterocycles. The van der Waals surface area contributed by atoms with Crippen LogP contribution in [0.15, 0.2) is 18.2 Å². The fraction of sp³-hybridized carbons (Fsp3) is 0.500. The Morgan fingerprint density at radius 3 is 2.59 bits per heavy atom. The van der Waals surface area contributed by atoms with Crippen LogP contribution in [0.4, 0.5) is 5.69 Å². The molecule has 0 unspecified atom stereocenters. The van der Waals surface area contributed by atoms with Crippen molar-refractivity contribution >= 4 is 5.69 Å². The van der Waals surface area contributed by atoms with Crippen molar-refractivity contribution in [2.24, 2.45) is 5.41 Å². The molecule has 0 aliphatic heterocycles. The van der Waals surface area contributed by atoms with Crippen LogP contribution >= 0.6 is 0 Å². The van der Waals surface area contributed by atoms with Gasteiger partial charge in [-0.2, -0.15) is 5.26 Å². The summed E-state index contributed by atoms with van der Waals surface area (Å²) in [5.74, 6) is 0.840. The molecule has 0 N–H and O–H groups in total. The monoisotopic (exact) mass is 232 g/mol. The molecule has 0 aromatic heterocycles. The summed E-state index contributed by atoms with van der Waals surface area (Å²) in [5, 5.41) is 9.06. The zero-order valence-electron chi connectivity index (χ0n) is 11.2. The van der Waals surface area contributed by atoms with Gasteiger partial charge in [-0.3, -0.25) is 0 Å². The van der Waals surface area contributed by atoms with Crippen molar-refractivity contribution in [3.63, 3.8) is 0 Å². The van der Waals surface area contributed by atoms with E-state index >= 15 is 0 Å². The lowest BCUT2D eigenvalue weighted by atomic mass is 9.95. The van der Waals surface area contributed by atoms with Crippen molar-refractivity contribution in [2.45, 2.75) is 20.8 Å². The first-order valence-corrected chi connectivity index (χ1v) is 5.66. The Morgan fingerprint density at radius 1 is 1.41 bits per heavy atom. The number of rotatable bonds is 4. The molecule has 0 saturated carbocycles. The van der Waals surface area contributed by atoms with Gasteiger partial charge in [0.05, 0.1) is 24.3 Å². The largest absolute Gasteiger partial charge is 0.495 e. The first-order valence-electron chi connectivity index (χ1n) is 5.66. The smallest absolute Gasteiger partial charge is 0.142 e. The van der Waals surface area contributed by atoms with Gasteiger partial charge in [-0.1, -0.05) is 6.07 Å². The van der Waals surface area contributed by atoms with E-state index in [4.69, 9.17) is 10.00 Å². The number of nitrogens with zero attached hydrogens (tertiary/aromatic N) is 2. The van der Waals surface area contributed by atoms with Crippen LogP contribution in [-0.4, -0.2) is 20.7 Å². The van der Waals surface area contributed by atoms with E-state index in [1.807, 2.05) is 40.0 Å². The van der Waals surface area contributed by atoms with Gasteiger partial charge in [0.25, 0.3) is 0 Å². The van der Waals surface area contributed by atoms with Gasteiger partial charge >= 0.3 is 0 Å². The minimum atomic E-state index is -0.372. The second kappa shape index (κ2) is 5.09. The third-order valence-electron chi connectivity index (χ3n) is 2.68. The first kappa shape index (κ1) is 13.4. The van der Waals surface area contributed by atoms with Gasteiger partial charge in [0.1, 0.15) is 5.75 Å². The summed E-state index contributed by atoms with van der Waals surface area (Å²) in [4.78, 5) is 2.06. The maximum Gasteiger partial charge on any atom is 0.142 e. The molecule has 0 fully saturated rings. The number of aryl methyl sites for hydroxylation is 1. The quantitative estimate of drug-likeness (QED) is 0.800. The van der Waals surface area contributed by atoms with E-state index in [0.717, 1.165) is 11.4 Å². The number of anilines is 1. The van der Waals surface area contributed by atoms with Gasteiger partial charge in [-0.15, -0.1) is 0 Å². The molecule has 0 amide bonds. The summed E-state index contributed by atoms with van der Waals surface area (Å²) in [6.07, 6.45) is 0. The maximum atomic E-state index is 9.06. The fourth-order valence-electron chi connectivity index (χ4n) is 1.81. The van der Waals surface area contributed by atoms with E-state index in [2.05, 4.69) is 17.0 Å². The molecule has 3 heteroatoms. The Bertz CT molecular complexity index is 432. The maximum absolute atomic E-state index is 9.06. The van der Waals surface area contributed by atoms with Crippen molar-refractivity contribution in [1.29, 1.82) is 5.26 Å². The molecule has 1 rings (SSSR count). The molecule has 3 nitrogen and oxygen atoms in total. The zero-order valence-corrected chi connectivity index (χ0v) is 11.2. The number of hydrogen-bond donors (Lipinski definition) is 0. The SMILES string of the molecule is COc1ccc(C)cc1N(C)CC(C)(C)C#N. The van der Waals surface area contributed by atoms with Gasteiger partial charge in [0, 0.05) is 13.6 Å². The lowest BCUT2D eigenvalue weighted by Crippen LogP contribution is -2.30. The van der Waals surface area contributed by atoms with Gasteiger partial charge in [0.2, 0.25) is 0 Å². The highest BCUT2D eigenvalue weighted by atomic mass is 16.5. The average molecular weight is 232 g/mol. The van der Waals surface area contributed by atoms with Crippen LogP contribution in [0.5, 0.6) is 5.75 Å². The molecule has 0 heterocycles. The number of hydrogen-bond acceptors (Lipinski definition) is 3. The lowest BCUT2D eigenvalue weighted by molar-refractivity contribution is 0.412. The van der Waals surface area contributed by atoms with Crippen molar-refractivity contribution in [3.8, 4) is 11.8 Å². The number of ether oxygens (including phenoxy) is 1. The fourth-order valence-corrected chi connectivity index (χ4v) is 1.81. The minimum absolute atomic E-state index is 0.372. The van der Waals surface area contributed by atoms with Gasteiger partial charge in [0.15, 0.2) is 0 Å². The van der Waals surface area contributed by atoms with Crippen molar-refractivity contribution in [3.05, 3.63) is 23.8 Å². The van der Waals surface area contributed by atoms with Gasteiger partial charge < -0.3 is 9.64 Å². The molecule has 0 aliphatic carbocycles. The summed E-state index contributed by atoms with van der Waals surface area (Å²) in [6.45, 7) is 6.59. The molecule has 1 aromatic carbocycles. The first-order chi connectivity index (χ1) is 7.89. The third-order valence-corrected chi connectivity index (χ3v) is 2.68. The lowest BCUT2D eigenvalue weighted by Gasteiger charge is -2.27. The van der Waals surface area contributed by atoms with E-state index < -0.39 is 0 Å². The van der Waals surface area contributed by atoms with Crippen molar-refractivity contribution < 1.29 is 4.74 Å². The van der Waals surface area contributed by atoms with Gasteiger partial charge in [-0.05, 0) is 38.5 Å². The normalized spacial score (nSPS) is 10.8. The highest BCUT2D eigenvalue weighted by Gasteiger charge is 2.21. The van der Waals surface area contributed by atoms with E-state index in [0.29, 0.717) is 6.54 Å². The third kappa shape index (κ3) is 3.39. The summed E-state index contributed by atoms with van der Waals surface area (Å²) >= 11 is 0. The average Bonchev–Trinajstić information content (AvgIpc) is 2.28. The molecular weight excluding hydrogens is 212 g/mol. The minimum Gasteiger partial charge on any atom is -0.495 e. The zero-order chi connectivity index (χ0) is 13.1. The molecule has 0 atom stereocenters. The topological polar surface area (TPSA) is 36.3 Å². The van der Waals surface area contributed by atoms with Crippen LogP contribution in [0, 0.1) is 23.7 Å². The second-order valence-electron chi connectivity index (χ2n) is 5.03. The van der Waals surface area contributed by atoms with Crippen LogP contribution in [-0.2, 0) is 0 Å². The van der Waals surface area contributed by atoms with E-state index in [1.165, 1.54) is 5.56 Å². The predicted octanol–water partition coefficient (Wildman–Crippen LogP) is 2.99. The number of nitriles is 1. The Hall–Kier alpha value is -1.69. The predicted molar refractivity (Wildman–Crippen MR) is 70.4 cm³/mol. The van der Waals surface area contributed by atoms with Crippen LogP contribution < -0.4 is 9.64 Å². The molecule has 0 radical (unpaired) electrons. The standard InChI is InChI=1S/C14H20N2O/c1-11-6-7-13(17-5)12(8-11)16(4)10-14(2,3)9-15/h6-8H,10H2,1-5H3. The highest BCUT2D eigenvalue weighted by molar-refractivity contribution is 5.59. The Balaban J connectivity index is 3.00. The van der Waals surface area contributed by atoms with E-state index in [1.54, 1.807) is 7.11 Å². The molecular formula is C14H20N2O. The Morgan fingerprint density at radius 2 is 2.06 bits per heavy atom. The molecule has 0 bridgehead atoms. The van der Waals surface area contributed by atoms with Gasteiger partial charge in [-0.25, -0.2) is 0 Å². The summed E-state index contributed by atoms with van der Waals surface area (Å²) in [7, 11) is 3.65. The summed E-state index contributed by atoms with van der Waals surface area (Å²) in [6, 6.07) is 8.37. The van der Waals surface area contributed by atoms with E-state index in [-0.39, 0.29) is 5.41 Å². The second-order valence-corrected chi connectivity index (χ2v) is 5.03. The van der Waals surface area contributed by atoms with Crippen LogP contribution in [0.25, 0.3) is 0 Å². The molecule has 1 aromatic rings. The molecule has 17 heavy (non-hydrogen) atoms. The molecule has 0 spiro atoms. The Kier molecular flexibility index (Phi) is 4.01. The molecule has 0 aliphatic rings. The van der Waals surface area contributed by atoms with Crippen molar-refractivity contribution in [1.82, 2.24) is 0 Å². The highest BCUT2D eigenvalue weighted by Crippen LogP contribution is 2.30. The van der Waals surface area contributed by atoms with Crippen LogP contribution in [0.3, 0.4) is 0 Å².